The van der Waals surface area contributed by atoms with Crippen LogP contribution >= 0.6 is 0 Å². The fourth-order valence-corrected chi connectivity index (χ4v) is 2.50. The zero-order chi connectivity index (χ0) is 18.1. The van der Waals surface area contributed by atoms with Crippen molar-refractivity contribution in [3.63, 3.8) is 0 Å². The Morgan fingerprint density at radius 2 is 2.12 bits per heavy atom. The Morgan fingerprint density at radius 3 is 2.88 bits per heavy atom. The molecule has 0 bridgehead atoms. The van der Waals surface area contributed by atoms with E-state index in [1.165, 1.54) is 5.57 Å². The summed E-state index contributed by atoms with van der Waals surface area (Å²) >= 11 is 0. The van der Waals surface area contributed by atoms with Crippen molar-refractivity contribution in [1.29, 1.82) is 0 Å². The molecule has 2 rings (SSSR count). The minimum absolute atomic E-state index is 0.537. The lowest BCUT2D eigenvalue weighted by atomic mass is 10.1. The Kier molecular flexibility index (Phi) is 7.48. The van der Waals surface area contributed by atoms with Crippen molar-refractivity contribution in [2.24, 2.45) is 0 Å². The highest BCUT2D eigenvalue weighted by Crippen LogP contribution is 2.24. The molecule has 2 aromatic rings. The van der Waals surface area contributed by atoms with Crippen molar-refractivity contribution in [2.75, 3.05) is 26.7 Å². The average Bonchev–Trinajstić information content (AvgIpc) is 2.97. The number of aromatic nitrogens is 1. The number of hydrogen-bond donors (Lipinski definition) is 0. The summed E-state index contributed by atoms with van der Waals surface area (Å²) in [6, 6.07) is 5.91. The number of aryl methyl sites for hydroxylation is 1. The quantitative estimate of drug-likeness (QED) is 0.584. The van der Waals surface area contributed by atoms with Gasteiger partial charge in [-0.2, -0.15) is 0 Å². The summed E-state index contributed by atoms with van der Waals surface area (Å²) in [6.07, 6.45) is 10.1. The van der Waals surface area contributed by atoms with Gasteiger partial charge in [-0.25, -0.2) is 0 Å². The molecular formula is C21H28N2O2. The first-order chi connectivity index (χ1) is 12.1. The summed E-state index contributed by atoms with van der Waals surface area (Å²) in [5.41, 5.74) is 3.11. The monoisotopic (exact) mass is 340 g/mol. The number of hydrogen-bond acceptors (Lipinski definition) is 4. The zero-order valence-corrected chi connectivity index (χ0v) is 15.5. The molecule has 4 heteroatoms. The van der Waals surface area contributed by atoms with E-state index in [4.69, 9.17) is 9.26 Å². The molecule has 0 unspecified atom stereocenters. The topological polar surface area (TPSA) is 38.5 Å². The Hall–Kier alpha value is -2.33. The van der Waals surface area contributed by atoms with Crippen LogP contribution in [-0.2, 0) is 6.42 Å². The average molecular weight is 340 g/mol. The first kappa shape index (κ1) is 19.0. The van der Waals surface area contributed by atoms with Crippen molar-refractivity contribution in [2.45, 2.75) is 26.7 Å². The number of nitrogens with zero attached hydrogens (tertiary/aromatic N) is 2. The molecule has 4 nitrogen and oxygen atoms in total. The van der Waals surface area contributed by atoms with Crippen molar-refractivity contribution in [3.8, 4) is 5.75 Å². The maximum absolute atomic E-state index is 5.75. The van der Waals surface area contributed by atoms with E-state index in [1.807, 2.05) is 30.4 Å². The summed E-state index contributed by atoms with van der Waals surface area (Å²) < 4.78 is 11.2. The van der Waals surface area contributed by atoms with Gasteiger partial charge in [0.2, 0.25) is 0 Å². The van der Waals surface area contributed by atoms with E-state index < -0.39 is 0 Å². The van der Waals surface area contributed by atoms with E-state index in [1.54, 1.807) is 0 Å². The Bertz CT molecular complexity index is 739. The van der Waals surface area contributed by atoms with Crippen LogP contribution in [0.5, 0.6) is 5.75 Å². The van der Waals surface area contributed by atoms with Crippen LogP contribution in [-0.4, -0.2) is 36.8 Å². The molecular weight excluding hydrogens is 312 g/mol. The Labute approximate surface area is 150 Å². The molecule has 134 valence electrons. The van der Waals surface area contributed by atoms with Gasteiger partial charge in [0, 0.05) is 24.5 Å². The number of fused-ring (bicyclic) bond motifs is 1. The molecule has 1 aromatic heterocycles. The van der Waals surface area contributed by atoms with Crippen LogP contribution in [0.3, 0.4) is 0 Å². The van der Waals surface area contributed by atoms with Gasteiger partial charge in [-0.15, -0.1) is 6.58 Å². The third-order valence-electron chi connectivity index (χ3n) is 3.82. The van der Waals surface area contributed by atoms with Crippen molar-refractivity contribution < 1.29 is 9.26 Å². The van der Waals surface area contributed by atoms with Gasteiger partial charge < -0.3 is 9.26 Å². The minimum atomic E-state index is 0.537. The highest BCUT2D eigenvalue weighted by Gasteiger charge is 2.08. The van der Waals surface area contributed by atoms with Gasteiger partial charge in [0.05, 0.1) is 5.69 Å². The first-order valence-electron chi connectivity index (χ1n) is 8.69. The van der Waals surface area contributed by atoms with E-state index in [0.717, 1.165) is 48.3 Å². The maximum Gasteiger partial charge on any atom is 0.170 e. The highest BCUT2D eigenvalue weighted by atomic mass is 16.5. The molecule has 0 amide bonds. The molecule has 0 saturated heterocycles. The minimum Gasteiger partial charge on any atom is -0.489 e. The largest absolute Gasteiger partial charge is 0.489 e. The predicted octanol–water partition coefficient (Wildman–Crippen LogP) is 4.78. The van der Waals surface area contributed by atoms with Crippen molar-refractivity contribution in [3.05, 3.63) is 60.3 Å². The summed E-state index contributed by atoms with van der Waals surface area (Å²) in [5, 5.41) is 5.26. The van der Waals surface area contributed by atoms with Gasteiger partial charge in [0.1, 0.15) is 12.4 Å². The van der Waals surface area contributed by atoms with Gasteiger partial charge in [-0.05, 0) is 45.9 Å². The molecule has 1 heterocycles. The number of benzene rings is 1. The van der Waals surface area contributed by atoms with E-state index in [9.17, 15) is 0 Å². The van der Waals surface area contributed by atoms with E-state index in [-0.39, 0.29) is 0 Å². The number of ether oxygens (including phenoxy) is 1. The molecule has 0 aliphatic heterocycles. The predicted molar refractivity (Wildman–Crippen MR) is 104 cm³/mol. The van der Waals surface area contributed by atoms with Crippen LogP contribution in [0.4, 0.5) is 0 Å². The fraction of sp³-hybridized carbons (Fsp3) is 0.381. The molecule has 0 atom stereocenters. The van der Waals surface area contributed by atoms with Crippen LogP contribution in [0, 0.1) is 0 Å². The Morgan fingerprint density at radius 1 is 1.28 bits per heavy atom. The molecule has 0 spiro atoms. The molecule has 25 heavy (non-hydrogen) atoms. The van der Waals surface area contributed by atoms with Gasteiger partial charge in [-0.3, -0.25) is 4.90 Å². The van der Waals surface area contributed by atoms with E-state index >= 15 is 0 Å². The van der Waals surface area contributed by atoms with Gasteiger partial charge in [0.25, 0.3) is 0 Å². The normalized spacial score (nSPS) is 11.4. The molecule has 0 fully saturated rings. The number of rotatable bonds is 10. The summed E-state index contributed by atoms with van der Waals surface area (Å²) in [6.45, 7) is 10.2. The summed E-state index contributed by atoms with van der Waals surface area (Å²) in [5.74, 6) is 0.795. The van der Waals surface area contributed by atoms with E-state index in [2.05, 4.69) is 49.7 Å². The lowest BCUT2D eigenvalue weighted by Crippen LogP contribution is -2.17. The molecule has 0 N–H and O–H groups in total. The van der Waals surface area contributed by atoms with Crippen LogP contribution in [0.2, 0.25) is 0 Å². The molecule has 0 radical (unpaired) electrons. The molecule has 0 saturated carbocycles. The SMILES string of the molecule is C=CCN(C)C/C=C/COc1ccc2c(CCC=C(C)C)noc2c1. The first-order valence-corrected chi connectivity index (χ1v) is 8.69. The van der Waals surface area contributed by atoms with E-state index in [0.29, 0.717) is 6.61 Å². The van der Waals surface area contributed by atoms with Crippen LogP contribution in [0.25, 0.3) is 11.0 Å². The van der Waals surface area contributed by atoms with Crippen LogP contribution < -0.4 is 4.74 Å². The molecule has 0 aliphatic carbocycles. The zero-order valence-electron chi connectivity index (χ0n) is 15.5. The standard InChI is InChI=1S/C21H28N2O2/c1-5-13-23(4)14-6-7-15-24-18-11-12-19-20(10-8-9-17(2)3)22-25-21(19)16-18/h5-7,9,11-12,16H,1,8,10,13-15H2,2-4H3/b7-6+. The second-order valence-electron chi connectivity index (χ2n) is 6.40. The second-order valence-corrected chi connectivity index (χ2v) is 6.40. The van der Waals surface area contributed by atoms with Crippen molar-refractivity contribution in [1.82, 2.24) is 10.1 Å². The van der Waals surface area contributed by atoms with Gasteiger partial charge in [0.15, 0.2) is 5.58 Å². The Balaban J connectivity index is 1.88. The third-order valence-corrected chi connectivity index (χ3v) is 3.82. The van der Waals surface area contributed by atoms with Crippen molar-refractivity contribution >= 4 is 11.0 Å². The lowest BCUT2D eigenvalue weighted by molar-refractivity contribution is 0.359. The van der Waals surface area contributed by atoms with Gasteiger partial charge >= 0.3 is 0 Å². The smallest absolute Gasteiger partial charge is 0.170 e. The van der Waals surface area contributed by atoms with Crippen LogP contribution in [0.15, 0.2) is 59.2 Å². The third kappa shape index (κ3) is 6.24. The summed E-state index contributed by atoms with van der Waals surface area (Å²) in [4.78, 5) is 2.17. The highest BCUT2D eigenvalue weighted by molar-refractivity contribution is 5.80. The number of likely N-dealkylation sites (N-methyl/N-ethyl adjacent to an activating group) is 1. The maximum atomic E-state index is 5.75. The van der Waals surface area contributed by atoms with Gasteiger partial charge in [-0.1, -0.05) is 35.0 Å². The molecule has 1 aromatic carbocycles. The van der Waals surface area contributed by atoms with Crippen LogP contribution in [0.1, 0.15) is 26.0 Å². The second kappa shape index (κ2) is 9.84. The summed E-state index contributed by atoms with van der Waals surface area (Å²) in [7, 11) is 2.06. The number of allylic oxidation sites excluding steroid dienone is 2. The fourth-order valence-electron chi connectivity index (χ4n) is 2.50. The molecule has 0 aliphatic rings. The lowest BCUT2D eigenvalue weighted by Gasteiger charge is -2.10.